The Hall–Kier alpha value is -1.33. The molecule has 3 heterocycles. The Morgan fingerprint density at radius 1 is 1.43 bits per heavy atom. The molecule has 2 aliphatic heterocycles. The molecule has 5 nitrogen and oxygen atoms in total. The number of fused-ring (bicyclic) bond motifs is 1. The van der Waals surface area contributed by atoms with E-state index < -0.39 is 5.97 Å². The molecule has 116 valence electrons. The zero-order valence-electron chi connectivity index (χ0n) is 12.8. The van der Waals surface area contributed by atoms with E-state index in [2.05, 4.69) is 16.8 Å². The lowest BCUT2D eigenvalue weighted by Crippen LogP contribution is -2.52. The lowest BCUT2D eigenvalue weighted by Gasteiger charge is -2.45. The van der Waals surface area contributed by atoms with Gasteiger partial charge in [0.15, 0.2) is 0 Å². The quantitative estimate of drug-likeness (QED) is 0.925. The van der Waals surface area contributed by atoms with Crippen LogP contribution in [0.4, 0.5) is 0 Å². The van der Waals surface area contributed by atoms with Crippen LogP contribution in [0.1, 0.15) is 41.1 Å². The van der Waals surface area contributed by atoms with Gasteiger partial charge in [-0.25, -0.2) is 4.79 Å². The van der Waals surface area contributed by atoms with Crippen LogP contribution in [-0.4, -0.2) is 53.6 Å². The zero-order chi connectivity index (χ0) is 15.0. The maximum absolute atomic E-state index is 11.1. The lowest BCUT2D eigenvalue weighted by molar-refractivity contribution is 0.0329. The molecule has 2 aliphatic rings. The van der Waals surface area contributed by atoms with Crippen LogP contribution in [0, 0.1) is 12.8 Å². The molecule has 21 heavy (non-hydrogen) atoms. The van der Waals surface area contributed by atoms with Crippen LogP contribution >= 0.6 is 0 Å². The van der Waals surface area contributed by atoms with Gasteiger partial charge in [0.25, 0.3) is 0 Å². The normalized spacial score (nSPS) is 27.5. The topological polar surface area (TPSA) is 56.9 Å². The third-order valence-electron chi connectivity index (χ3n) is 5.01. The first-order valence-electron chi connectivity index (χ1n) is 7.80. The molecule has 2 saturated heterocycles. The molecule has 1 aromatic heterocycles. The predicted molar refractivity (Wildman–Crippen MR) is 79.4 cm³/mol. The molecule has 0 bridgehead atoms. The van der Waals surface area contributed by atoms with Gasteiger partial charge >= 0.3 is 5.97 Å². The van der Waals surface area contributed by atoms with Gasteiger partial charge in [0, 0.05) is 19.1 Å². The first-order chi connectivity index (χ1) is 10.0. The summed E-state index contributed by atoms with van der Waals surface area (Å²) in [4.78, 5) is 16.0. The summed E-state index contributed by atoms with van der Waals surface area (Å²) in [7, 11) is 2.24. The summed E-state index contributed by atoms with van der Waals surface area (Å²) in [5, 5.41) is 9.09. The van der Waals surface area contributed by atoms with Gasteiger partial charge < -0.3 is 14.4 Å². The summed E-state index contributed by atoms with van der Waals surface area (Å²) in [6, 6.07) is 2.40. The number of furan rings is 1. The fraction of sp³-hybridized carbons (Fsp3) is 0.688. The van der Waals surface area contributed by atoms with Gasteiger partial charge in [-0.1, -0.05) is 0 Å². The number of carboxylic acid groups (broad SMARTS) is 1. The fourth-order valence-corrected chi connectivity index (χ4v) is 3.93. The fourth-order valence-electron chi connectivity index (χ4n) is 3.93. The first kappa shape index (κ1) is 14.6. The number of aryl methyl sites for hydroxylation is 1. The Kier molecular flexibility index (Phi) is 4.04. The standard InChI is InChI=1S/C16H24N2O3/c1-11-14(16(19)20)8-13(21-11)10-18-7-5-15-12(9-18)4-3-6-17(15)2/h8,12,15H,3-7,9-10H2,1-2H3,(H,19,20). The van der Waals surface area contributed by atoms with E-state index in [0.717, 1.165) is 37.4 Å². The summed E-state index contributed by atoms with van der Waals surface area (Å²) in [6.07, 6.45) is 3.80. The summed E-state index contributed by atoms with van der Waals surface area (Å²) in [5.41, 5.74) is 0.289. The van der Waals surface area contributed by atoms with Crippen molar-refractivity contribution < 1.29 is 14.3 Å². The predicted octanol–water partition coefficient (Wildman–Crippen LogP) is 2.20. The van der Waals surface area contributed by atoms with Gasteiger partial charge in [-0.3, -0.25) is 4.90 Å². The smallest absolute Gasteiger partial charge is 0.339 e. The zero-order valence-corrected chi connectivity index (χ0v) is 12.8. The number of aromatic carboxylic acids is 1. The van der Waals surface area contributed by atoms with E-state index in [1.165, 1.54) is 25.8 Å². The van der Waals surface area contributed by atoms with Crippen LogP contribution in [0.15, 0.2) is 10.5 Å². The lowest BCUT2D eigenvalue weighted by atomic mass is 9.84. The summed E-state index contributed by atoms with van der Waals surface area (Å²) >= 11 is 0. The Bertz CT molecular complexity index is 526. The van der Waals surface area contributed by atoms with E-state index in [1.807, 2.05) is 0 Å². The van der Waals surface area contributed by atoms with Crippen LogP contribution in [0.2, 0.25) is 0 Å². The van der Waals surface area contributed by atoms with E-state index in [4.69, 9.17) is 9.52 Å². The minimum absolute atomic E-state index is 0.289. The van der Waals surface area contributed by atoms with Gasteiger partial charge in [-0.05, 0) is 51.8 Å². The van der Waals surface area contributed by atoms with Crippen molar-refractivity contribution >= 4 is 5.97 Å². The summed E-state index contributed by atoms with van der Waals surface area (Å²) < 4.78 is 5.60. The minimum Gasteiger partial charge on any atom is -0.478 e. The number of carbonyl (C=O) groups is 1. The average Bonchev–Trinajstić information content (AvgIpc) is 2.80. The molecule has 2 fully saturated rings. The Morgan fingerprint density at radius 2 is 2.24 bits per heavy atom. The van der Waals surface area contributed by atoms with E-state index in [9.17, 15) is 4.79 Å². The number of rotatable bonds is 3. The summed E-state index contributed by atoms with van der Waals surface area (Å²) in [5.74, 6) is 1.11. The molecule has 0 spiro atoms. The molecule has 1 aromatic rings. The van der Waals surface area contributed by atoms with Gasteiger partial charge in [-0.15, -0.1) is 0 Å². The highest BCUT2D eigenvalue weighted by Crippen LogP contribution is 2.30. The molecule has 2 unspecified atom stereocenters. The van der Waals surface area contributed by atoms with Gasteiger partial charge in [-0.2, -0.15) is 0 Å². The molecule has 2 atom stereocenters. The average molecular weight is 292 g/mol. The van der Waals surface area contributed by atoms with E-state index in [0.29, 0.717) is 5.76 Å². The first-order valence-corrected chi connectivity index (χ1v) is 7.80. The van der Waals surface area contributed by atoms with Crippen molar-refractivity contribution in [2.75, 3.05) is 26.7 Å². The van der Waals surface area contributed by atoms with Crippen molar-refractivity contribution in [1.82, 2.24) is 9.80 Å². The molecule has 0 amide bonds. The summed E-state index contributed by atoms with van der Waals surface area (Å²) in [6.45, 7) is 5.82. The van der Waals surface area contributed by atoms with Crippen molar-refractivity contribution in [1.29, 1.82) is 0 Å². The number of nitrogens with zero attached hydrogens (tertiary/aromatic N) is 2. The molecule has 0 radical (unpaired) electrons. The van der Waals surface area contributed by atoms with Gasteiger partial charge in [0.1, 0.15) is 17.1 Å². The highest BCUT2D eigenvalue weighted by Gasteiger charge is 2.34. The van der Waals surface area contributed by atoms with Crippen LogP contribution in [-0.2, 0) is 6.54 Å². The highest BCUT2D eigenvalue weighted by atomic mass is 16.4. The second-order valence-electron chi connectivity index (χ2n) is 6.46. The van der Waals surface area contributed by atoms with Gasteiger partial charge in [0.2, 0.25) is 0 Å². The van der Waals surface area contributed by atoms with Crippen molar-refractivity contribution in [3.8, 4) is 0 Å². The van der Waals surface area contributed by atoms with E-state index in [-0.39, 0.29) is 5.56 Å². The van der Waals surface area contributed by atoms with Crippen molar-refractivity contribution in [3.05, 3.63) is 23.2 Å². The number of carboxylic acids is 1. The molecule has 1 N–H and O–H groups in total. The molecule has 5 heteroatoms. The number of hydrogen-bond acceptors (Lipinski definition) is 4. The maximum Gasteiger partial charge on any atom is 0.339 e. The highest BCUT2D eigenvalue weighted by molar-refractivity contribution is 5.88. The Morgan fingerprint density at radius 3 is 2.95 bits per heavy atom. The van der Waals surface area contributed by atoms with Crippen molar-refractivity contribution in [2.24, 2.45) is 5.92 Å². The third kappa shape index (κ3) is 2.99. The van der Waals surface area contributed by atoms with Crippen LogP contribution < -0.4 is 0 Å². The SMILES string of the molecule is Cc1oc(CN2CCC3C(CCCN3C)C2)cc1C(=O)O. The van der Waals surface area contributed by atoms with Crippen molar-refractivity contribution in [2.45, 2.75) is 38.8 Å². The van der Waals surface area contributed by atoms with Crippen LogP contribution in [0.3, 0.4) is 0 Å². The third-order valence-corrected chi connectivity index (χ3v) is 5.01. The molecule has 3 rings (SSSR count). The second kappa shape index (κ2) is 5.81. The van der Waals surface area contributed by atoms with Crippen molar-refractivity contribution in [3.63, 3.8) is 0 Å². The van der Waals surface area contributed by atoms with Crippen LogP contribution in [0.5, 0.6) is 0 Å². The second-order valence-corrected chi connectivity index (χ2v) is 6.46. The van der Waals surface area contributed by atoms with Gasteiger partial charge in [0.05, 0.1) is 6.54 Å². The molecule has 0 saturated carbocycles. The largest absolute Gasteiger partial charge is 0.478 e. The molecular formula is C16H24N2O3. The number of piperidine rings is 2. The molecular weight excluding hydrogens is 268 g/mol. The minimum atomic E-state index is -0.907. The van der Waals surface area contributed by atoms with E-state index >= 15 is 0 Å². The monoisotopic (exact) mass is 292 g/mol. The molecule has 0 aromatic carbocycles. The Labute approximate surface area is 125 Å². The molecule has 0 aliphatic carbocycles. The number of likely N-dealkylation sites (tertiary alicyclic amines) is 2. The van der Waals surface area contributed by atoms with E-state index in [1.54, 1.807) is 13.0 Å². The maximum atomic E-state index is 11.1. The number of hydrogen-bond donors (Lipinski definition) is 1. The van der Waals surface area contributed by atoms with Crippen LogP contribution in [0.25, 0.3) is 0 Å². The Balaban J connectivity index is 1.64.